The Balaban J connectivity index is 0.000000556. The van der Waals surface area contributed by atoms with Gasteiger partial charge in [0.1, 0.15) is 16.4 Å². The van der Waals surface area contributed by atoms with Gasteiger partial charge in [0.15, 0.2) is 0 Å². The summed E-state index contributed by atoms with van der Waals surface area (Å²) in [5.41, 5.74) is -0.191. The molecule has 3 aromatic carbocycles. The molecule has 1 aliphatic heterocycles. The molecular formula is C37H39F7N4O4S. The van der Waals surface area contributed by atoms with Crippen molar-refractivity contribution in [3.05, 3.63) is 88.0 Å². The minimum atomic E-state index is -4.94. The number of carbonyl (C=O) groups excluding carboxylic acids is 3. The van der Waals surface area contributed by atoms with E-state index in [2.05, 4.69) is 36.6 Å². The van der Waals surface area contributed by atoms with Crippen LogP contribution >= 0.6 is 11.3 Å². The number of benzene rings is 3. The summed E-state index contributed by atoms with van der Waals surface area (Å²) in [6.45, 7) is 4.93. The van der Waals surface area contributed by atoms with Crippen LogP contribution in [-0.4, -0.2) is 75.0 Å². The number of nitrogens with one attached hydrogen (secondary N) is 2. The lowest BCUT2D eigenvalue weighted by Crippen LogP contribution is -2.60. The molecule has 2 fully saturated rings. The molecule has 1 spiro atoms. The fraction of sp³-hybridized carbons (Fsp3) is 0.378. The second-order valence-corrected chi connectivity index (χ2v) is 14.2. The Kier molecular flexibility index (Phi) is 12.8. The van der Waals surface area contributed by atoms with Gasteiger partial charge < -0.3 is 25.2 Å². The number of carbonyl (C=O) groups is 3. The fourth-order valence-corrected chi connectivity index (χ4v) is 7.10. The Labute approximate surface area is 305 Å². The molecule has 8 nitrogen and oxygen atoms in total. The lowest BCUT2D eigenvalue weighted by Gasteiger charge is -2.58. The van der Waals surface area contributed by atoms with Crippen molar-refractivity contribution in [3.63, 3.8) is 0 Å². The van der Waals surface area contributed by atoms with E-state index in [9.17, 15) is 45.1 Å². The SMILES string of the molecule is CC(F)(F)F.CCN(C)C.COc1ccc(C2CC3(C2)CN(C=O)C3)cc1C(=O)Nc1c(C(=O)Nc2ccc(F)c(C(F)(F)F)c2)sc2ccccc12. The smallest absolute Gasteiger partial charge is 0.419 e. The Hall–Kier alpha value is -4.70. The van der Waals surface area contributed by atoms with Crippen LogP contribution in [0.5, 0.6) is 5.75 Å². The summed E-state index contributed by atoms with van der Waals surface area (Å²) in [4.78, 5) is 41.9. The number of methoxy groups -OCH3 is 1. The molecule has 1 aromatic heterocycles. The molecule has 1 saturated heterocycles. The highest BCUT2D eigenvalue weighted by atomic mass is 32.1. The lowest BCUT2D eigenvalue weighted by atomic mass is 9.56. The van der Waals surface area contributed by atoms with Crippen molar-refractivity contribution < 1.29 is 49.9 Å². The number of thiophene rings is 1. The maximum absolute atomic E-state index is 13.8. The molecule has 1 saturated carbocycles. The number of amides is 3. The highest BCUT2D eigenvalue weighted by Crippen LogP contribution is 2.56. The van der Waals surface area contributed by atoms with Crippen LogP contribution in [0.15, 0.2) is 60.7 Å². The molecule has 0 atom stereocenters. The summed E-state index contributed by atoms with van der Waals surface area (Å²) >= 11 is 1.06. The van der Waals surface area contributed by atoms with E-state index >= 15 is 0 Å². The summed E-state index contributed by atoms with van der Waals surface area (Å²) in [5.74, 6) is -2.18. The number of anilines is 2. The number of ether oxygens (including phenoxy) is 1. The highest BCUT2D eigenvalue weighted by Gasteiger charge is 2.52. The van der Waals surface area contributed by atoms with Crippen LogP contribution in [0.25, 0.3) is 10.1 Å². The van der Waals surface area contributed by atoms with Gasteiger partial charge in [0.25, 0.3) is 11.8 Å². The number of nitrogens with zero attached hydrogens (tertiary/aromatic N) is 2. The topological polar surface area (TPSA) is 91.0 Å². The zero-order valence-electron chi connectivity index (χ0n) is 29.5. The molecule has 286 valence electrons. The molecule has 2 aliphatic rings. The second-order valence-electron chi connectivity index (χ2n) is 13.2. The molecule has 0 unspecified atom stereocenters. The van der Waals surface area contributed by atoms with Crippen LogP contribution in [0.4, 0.5) is 42.1 Å². The zero-order chi connectivity index (χ0) is 39.3. The van der Waals surface area contributed by atoms with E-state index in [1.54, 1.807) is 41.3 Å². The van der Waals surface area contributed by atoms with Gasteiger partial charge in [-0.05, 0) is 81.4 Å². The Morgan fingerprint density at radius 1 is 0.981 bits per heavy atom. The number of rotatable bonds is 8. The monoisotopic (exact) mass is 768 g/mol. The van der Waals surface area contributed by atoms with Crippen molar-refractivity contribution >= 4 is 51.0 Å². The van der Waals surface area contributed by atoms with E-state index in [4.69, 9.17) is 4.74 Å². The zero-order valence-corrected chi connectivity index (χ0v) is 30.4. The van der Waals surface area contributed by atoms with E-state index in [-0.39, 0.29) is 40.1 Å². The molecule has 1 aliphatic carbocycles. The number of hydrogen-bond donors (Lipinski definition) is 2. The summed E-state index contributed by atoms with van der Waals surface area (Å²) < 4.78 is 90.7. The lowest BCUT2D eigenvalue weighted by molar-refractivity contribution is -0.140. The first-order valence-corrected chi connectivity index (χ1v) is 17.2. The van der Waals surface area contributed by atoms with Crippen LogP contribution in [0, 0.1) is 11.2 Å². The number of halogens is 7. The standard InChI is InChI=1S/C31H25F4N3O4S.C4H11N.C2H3F3/c1-42-24-9-6-17(18-12-30(13-18)14-38(15-30)16-39)10-21(24)28(40)37-26-20-4-2-3-5-25(20)43-27(26)29(41)36-19-7-8-23(32)22(11-19)31(33,34)35;1-4-5(2)3;1-2(3,4)5/h2-11,16,18H,12-15H2,1H3,(H,36,41)(H,37,40);4H2,1-3H3;1H3. The van der Waals surface area contributed by atoms with Crippen LogP contribution in [0.3, 0.4) is 0 Å². The summed E-state index contributed by atoms with van der Waals surface area (Å²) in [7, 11) is 5.56. The van der Waals surface area contributed by atoms with Crippen LogP contribution in [-0.2, 0) is 11.0 Å². The van der Waals surface area contributed by atoms with Crippen LogP contribution < -0.4 is 15.4 Å². The predicted molar refractivity (Wildman–Crippen MR) is 190 cm³/mol. The van der Waals surface area contributed by atoms with E-state index < -0.39 is 35.5 Å². The van der Waals surface area contributed by atoms with E-state index in [1.165, 1.54) is 7.11 Å². The molecule has 0 radical (unpaired) electrons. The first-order chi connectivity index (χ1) is 24.8. The maximum atomic E-state index is 13.8. The molecule has 4 aromatic rings. The minimum Gasteiger partial charge on any atom is -0.496 e. The van der Waals surface area contributed by atoms with Gasteiger partial charge in [-0.1, -0.05) is 31.2 Å². The largest absolute Gasteiger partial charge is 0.496 e. The van der Waals surface area contributed by atoms with Crippen molar-refractivity contribution in [2.24, 2.45) is 5.41 Å². The van der Waals surface area contributed by atoms with Gasteiger partial charge in [-0.15, -0.1) is 11.3 Å². The van der Waals surface area contributed by atoms with Gasteiger partial charge in [-0.2, -0.15) is 26.3 Å². The molecule has 6 rings (SSSR count). The van der Waals surface area contributed by atoms with Gasteiger partial charge in [0.05, 0.1) is 23.9 Å². The Morgan fingerprint density at radius 3 is 2.17 bits per heavy atom. The number of fused-ring (bicyclic) bond motifs is 1. The van der Waals surface area contributed by atoms with Gasteiger partial charge in [-0.25, -0.2) is 4.39 Å². The number of likely N-dealkylation sites (tertiary alicyclic amines) is 1. The third kappa shape index (κ3) is 10.5. The van der Waals surface area contributed by atoms with E-state index in [0.29, 0.717) is 28.0 Å². The third-order valence-corrected chi connectivity index (χ3v) is 9.90. The van der Waals surface area contributed by atoms with Crippen molar-refractivity contribution in [2.45, 2.75) is 45.0 Å². The van der Waals surface area contributed by atoms with Crippen molar-refractivity contribution in [1.82, 2.24) is 9.80 Å². The average molecular weight is 769 g/mol. The Bertz CT molecular complexity index is 1920. The predicted octanol–water partition coefficient (Wildman–Crippen LogP) is 9.04. The number of alkyl halides is 6. The van der Waals surface area contributed by atoms with Crippen molar-refractivity contribution in [3.8, 4) is 5.75 Å². The van der Waals surface area contributed by atoms with Gasteiger partial charge >= 0.3 is 12.4 Å². The Morgan fingerprint density at radius 2 is 1.60 bits per heavy atom. The van der Waals surface area contributed by atoms with E-state index in [1.807, 2.05) is 6.07 Å². The maximum Gasteiger partial charge on any atom is 0.419 e. The minimum absolute atomic E-state index is 0.0632. The van der Waals surface area contributed by atoms with Crippen molar-refractivity contribution in [2.75, 3.05) is 51.5 Å². The van der Waals surface area contributed by atoms with Crippen LogP contribution in [0.2, 0.25) is 0 Å². The average Bonchev–Trinajstić information content (AvgIpc) is 3.41. The third-order valence-electron chi connectivity index (χ3n) is 8.73. The highest BCUT2D eigenvalue weighted by molar-refractivity contribution is 7.21. The fourth-order valence-electron chi connectivity index (χ4n) is 6.04. The molecule has 2 N–H and O–H groups in total. The summed E-state index contributed by atoms with van der Waals surface area (Å²) in [6, 6.07) is 14.6. The van der Waals surface area contributed by atoms with Gasteiger partial charge in [0.2, 0.25) is 6.41 Å². The molecule has 3 amide bonds. The number of hydrogen-bond acceptors (Lipinski definition) is 6. The summed E-state index contributed by atoms with van der Waals surface area (Å²) in [5, 5.41) is 5.81. The van der Waals surface area contributed by atoms with E-state index in [0.717, 1.165) is 61.9 Å². The molecule has 0 bridgehead atoms. The molecule has 2 heterocycles. The molecule has 53 heavy (non-hydrogen) atoms. The second kappa shape index (κ2) is 16.5. The first kappa shape index (κ1) is 41.1. The van der Waals surface area contributed by atoms with Gasteiger partial charge in [-0.3, -0.25) is 14.4 Å². The van der Waals surface area contributed by atoms with Crippen LogP contribution in [0.1, 0.15) is 63.8 Å². The van der Waals surface area contributed by atoms with Crippen molar-refractivity contribution in [1.29, 1.82) is 0 Å². The molecular weight excluding hydrogens is 729 g/mol. The normalized spacial score (nSPS) is 15.0. The quantitative estimate of drug-likeness (QED) is 0.138. The first-order valence-electron chi connectivity index (χ1n) is 16.4. The van der Waals surface area contributed by atoms with Gasteiger partial charge in [0, 0.05) is 41.2 Å². The molecule has 16 heteroatoms. The summed E-state index contributed by atoms with van der Waals surface area (Å²) in [6.07, 6.45) is -6.27.